The van der Waals surface area contributed by atoms with Crippen LogP contribution in [0.25, 0.3) is 5.69 Å². The minimum Gasteiger partial charge on any atom is -0.494 e. The molecule has 2 aromatic carbocycles. The lowest BCUT2D eigenvalue weighted by atomic mass is 10.0. The van der Waals surface area contributed by atoms with Gasteiger partial charge in [-0.15, -0.1) is 0 Å². The molecule has 1 N–H and O–H groups in total. The summed E-state index contributed by atoms with van der Waals surface area (Å²) >= 11 is 3.48. The van der Waals surface area contributed by atoms with Gasteiger partial charge in [0.25, 0.3) is 5.91 Å². The van der Waals surface area contributed by atoms with Gasteiger partial charge in [0, 0.05) is 22.7 Å². The molecule has 1 amide bonds. The van der Waals surface area contributed by atoms with E-state index < -0.39 is 0 Å². The number of nitrogens with zero attached hydrogens (tertiary/aromatic N) is 2. The Morgan fingerprint density at radius 3 is 2.96 bits per heavy atom. The molecule has 1 aliphatic heterocycles. The molecule has 28 heavy (non-hydrogen) atoms. The molecule has 0 spiro atoms. The standard InChI is InChI=1S/C21H20BrN3O3/c1-13-3-5-20(27-2)18(11-13)25-9-7-17(24-25)21(26)23-16-8-10-28-19-6-4-14(22)12-15(16)19/h3-7,9,11-12,16H,8,10H2,1-2H3,(H,23,26). The fourth-order valence-corrected chi connectivity index (χ4v) is 3.68. The Balaban J connectivity index is 1.57. The first-order valence-electron chi connectivity index (χ1n) is 8.99. The largest absolute Gasteiger partial charge is 0.494 e. The van der Waals surface area contributed by atoms with E-state index in [9.17, 15) is 4.79 Å². The number of hydrogen-bond donors (Lipinski definition) is 1. The first-order chi connectivity index (χ1) is 13.5. The van der Waals surface area contributed by atoms with Gasteiger partial charge in [-0.05, 0) is 48.9 Å². The van der Waals surface area contributed by atoms with Crippen LogP contribution in [0.5, 0.6) is 11.5 Å². The summed E-state index contributed by atoms with van der Waals surface area (Å²) in [7, 11) is 1.62. The quantitative estimate of drug-likeness (QED) is 0.658. The van der Waals surface area contributed by atoms with E-state index in [0.29, 0.717) is 24.5 Å². The molecule has 0 fully saturated rings. The third-order valence-corrected chi connectivity index (χ3v) is 5.21. The van der Waals surface area contributed by atoms with Gasteiger partial charge in [-0.25, -0.2) is 4.68 Å². The number of hydrogen-bond acceptors (Lipinski definition) is 4. The Kier molecular flexibility index (Phi) is 5.09. The summed E-state index contributed by atoms with van der Waals surface area (Å²) in [4.78, 5) is 12.8. The average molecular weight is 442 g/mol. The zero-order valence-electron chi connectivity index (χ0n) is 15.6. The first kappa shape index (κ1) is 18.6. The second-order valence-electron chi connectivity index (χ2n) is 6.67. The molecule has 1 unspecified atom stereocenters. The van der Waals surface area contributed by atoms with E-state index in [-0.39, 0.29) is 11.9 Å². The van der Waals surface area contributed by atoms with Crippen LogP contribution in [0.3, 0.4) is 0 Å². The van der Waals surface area contributed by atoms with Crippen LogP contribution in [0.1, 0.15) is 34.1 Å². The number of amides is 1. The van der Waals surface area contributed by atoms with Crippen LogP contribution >= 0.6 is 15.9 Å². The van der Waals surface area contributed by atoms with Gasteiger partial charge in [0.2, 0.25) is 0 Å². The number of aryl methyl sites for hydroxylation is 1. The van der Waals surface area contributed by atoms with E-state index in [1.807, 2.05) is 43.3 Å². The number of nitrogens with one attached hydrogen (secondary N) is 1. The van der Waals surface area contributed by atoms with Crippen LogP contribution in [0.15, 0.2) is 53.1 Å². The fourth-order valence-electron chi connectivity index (χ4n) is 3.31. The SMILES string of the molecule is COc1ccc(C)cc1-n1ccc(C(=O)NC2CCOc3ccc(Br)cc32)n1. The lowest BCUT2D eigenvalue weighted by Gasteiger charge is -2.26. The van der Waals surface area contributed by atoms with Gasteiger partial charge in [-0.3, -0.25) is 4.79 Å². The third-order valence-electron chi connectivity index (χ3n) is 4.72. The molecule has 1 aliphatic rings. The fraction of sp³-hybridized carbons (Fsp3) is 0.238. The number of rotatable bonds is 4. The van der Waals surface area contributed by atoms with E-state index in [1.54, 1.807) is 24.1 Å². The van der Waals surface area contributed by atoms with Gasteiger partial charge >= 0.3 is 0 Å². The van der Waals surface area contributed by atoms with Gasteiger partial charge in [-0.2, -0.15) is 5.10 Å². The van der Waals surface area contributed by atoms with Crippen molar-refractivity contribution in [3.05, 3.63) is 70.0 Å². The molecule has 144 valence electrons. The Morgan fingerprint density at radius 1 is 1.29 bits per heavy atom. The van der Waals surface area contributed by atoms with Crippen molar-refractivity contribution < 1.29 is 14.3 Å². The highest BCUT2D eigenvalue weighted by Crippen LogP contribution is 2.34. The first-order valence-corrected chi connectivity index (χ1v) is 9.78. The van der Waals surface area contributed by atoms with E-state index in [4.69, 9.17) is 9.47 Å². The highest BCUT2D eigenvalue weighted by Gasteiger charge is 2.24. The molecule has 0 radical (unpaired) electrons. The zero-order chi connectivity index (χ0) is 19.7. The van der Waals surface area contributed by atoms with Gasteiger partial charge in [0.05, 0.1) is 19.8 Å². The molecule has 1 aromatic heterocycles. The van der Waals surface area contributed by atoms with Crippen LogP contribution in [-0.2, 0) is 0 Å². The summed E-state index contributed by atoms with van der Waals surface area (Å²) in [5.41, 5.74) is 3.20. The van der Waals surface area contributed by atoms with Crippen molar-refractivity contribution in [1.82, 2.24) is 15.1 Å². The number of aromatic nitrogens is 2. The number of carbonyl (C=O) groups is 1. The number of carbonyl (C=O) groups excluding carboxylic acids is 1. The summed E-state index contributed by atoms with van der Waals surface area (Å²) in [5, 5.41) is 7.53. The summed E-state index contributed by atoms with van der Waals surface area (Å²) in [6.07, 6.45) is 2.47. The number of ether oxygens (including phenoxy) is 2. The van der Waals surface area contributed by atoms with E-state index >= 15 is 0 Å². The van der Waals surface area contributed by atoms with Crippen molar-refractivity contribution >= 4 is 21.8 Å². The normalized spacial score (nSPS) is 15.5. The second-order valence-corrected chi connectivity index (χ2v) is 7.58. The topological polar surface area (TPSA) is 65.4 Å². The average Bonchev–Trinajstić information content (AvgIpc) is 3.18. The second kappa shape index (κ2) is 7.67. The van der Waals surface area contributed by atoms with Crippen molar-refractivity contribution in [2.75, 3.05) is 13.7 Å². The number of methoxy groups -OCH3 is 1. The molecule has 0 saturated carbocycles. The maximum absolute atomic E-state index is 12.8. The molecule has 7 heteroatoms. The van der Waals surface area contributed by atoms with Crippen LogP contribution < -0.4 is 14.8 Å². The van der Waals surface area contributed by atoms with Crippen molar-refractivity contribution in [2.24, 2.45) is 0 Å². The maximum Gasteiger partial charge on any atom is 0.272 e. The Hall–Kier alpha value is -2.80. The zero-order valence-corrected chi connectivity index (χ0v) is 17.2. The van der Waals surface area contributed by atoms with Gasteiger partial charge < -0.3 is 14.8 Å². The lowest BCUT2D eigenvalue weighted by molar-refractivity contribution is 0.0919. The summed E-state index contributed by atoms with van der Waals surface area (Å²) in [6.45, 7) is 2.56. The molecule has 6 nitrogen and oxygen atoms in total. The molecule has 0 saturated heterocycles. The third kappa shape index (κ3) is 3.62. The van der Waals surface area contributed by atoms with Crippen molar-refractivity contribution in [1.29, 1.82) is 0 Å². The summed E-state index contributed by atoms with van der Waals surface area (Å²) in [5.74, 6) is 1.28. The minimum absolute atomic E-state index is 0.118. The van der Waals surface area contributed by atoms with Gasteiger partial charge in [0.1, 0.15) is 17.2 Å². The van der Waals surface area contributed by atoms with Crippen LogP contribution in [-0.4, -0.2) is 29.4 Å². The number of fused-ring (bicyclic) bond motifs is 1. The van der Waals surface area contributed by atoms with Crippen molar-refractivity contribution in [3.63, 3.8) is 0 Å². The predicted molar refractivity (Wildman–Crippen MR) is 109 cm³/mol. The van der Waals surface area contributed by atoms with E-state index in [0.717, 1.165) is 27.0 Å². The molecule has 0 bridgehead atoms. The molecule has 4 rings (SSSR count). The Bertz CT molecular complexity index is 1030. The highest BCUT2D eigenvalue weighted by molar-refractivity contribution is 9.10. The number of benzene rings is 2. The molecule has 0 aliphatic carbocycles. The molecule has 1 atom stereocenters. The van der Waals surface area contributed by atoms with Gasteiger partial charge in [0.15, 0.2) is 5.69 Å². The summed E-state index contributed by atoms with van der Waals surface area (Å²) < 4.78 is 13.7. The highest BCUT2D eigenvalue weighted by atomic mass is 79.9. The van der Waals surface area contributed by atoms with Crippen molar-refractivity contribution in [2.45, 2.75) is 19.4 Å². The Morgan fingerprint density at radius 2 is 2.14 bits per heavy atom. The maximum atomic E-state index is 12.8. The van der Waals surface area contributed by atoms with Crippen LogP contribution in [0.4, 0.5) is 0 Å². The van der Waals surface area contributed by atoms with Gasteiger partial charge in [-0.1, -0.05) is 22.0 Å². The molecular weight excluding hydrogens is 422 g/mol. The number of halogens is 1. The van der Waals surface area contributed by atoms with Crippen LogP contribution in [0.2, 0.25) is 0 Å². The molecule has 2 heterocycles. The van der Waals surface area contributed by atoms with Crippen LogP contribution in [0, 0.1) is 6.92 Å². The lowest BCUT2D eigenvalue weighted by Crippen LogP contribution is -2.32. The van der Waals surface area contributed by atoms with Crippen molar-refractivity contribution in [3.8, 4) is 17.2 Å². The monoisotopic (exact) mass is 441 g/mol. The summed E-state index contributed by atoms with van der Waals surface area (Å²) in [6, 6.07) is 13.3. The molecular formula is C21H20BrN3O3. The minimum atomic E-state index is -0.219. The smallest absolute Gasteiger partial charge is 0.272 e. The van der Waals surface area contributed by atoms with E-state index in [1.165, 1.54) is 0 Å². The Labute approximate surface area is 171 Å². The molecule has 3 aromatic rings. The predicted octanol–water partition coefficient (Wildman–Crippen LogP) is 4.21. The van der Waals surface area contributed by atoms with E-state index in [2.05, 4.69) is 26.3 Å².